The van der Waals surface area contributed by atoms with Crippen LogP contribution in [-0.4, -0.2) is 37.4 Å². The molecule has 6 heteroatoms. The molecule has 1 aliphatic heterocycles. The SMILES string of the molecule is Cc1ccc(C)n1C1CCN(c2cncc(-n3cccn3)n2)CC1. The van der Waals surface area contributed by atoms with Gasteiger partial charge in [0.05, 0.1) is 12.4 Å². The Morgan fingerprint density at radius 1 is 1.00 bits per heavy atom. The van der Waals surface area contributed by atoms with Crippen molar-refractivity contribution >= 4 is 5.82 Å². The minimum atomic E-state index is 0.582. The summed E-state index contributed by atoms with van der Waals surface area (Å²) in [4.78, 5) is 11.4. The van der Waals surface area contributed by atoms with E-state index in [1.54, 1.807) is 17.1 Å². The van der Waals surface area contributed by atoms with Gasteiger partial charge in [0, 0.05) is 42.9 Å². The van der Waals surface area contributed by atoms with Crippen molar-refractivity contribution in [2.75, 3.05) is 18.0 Å². The van der Waals surface area contributed by atoms with Gasteiger partial charge in [-0.15, -0.1) is 0 Å². The Balaban J connectivity index is 1.49. The van der Waals surface area contributed by atoms with E-state index in [1.807, 2.05) is 18.5 Å². The van der Waals surface area contributed by atoms with E-state index in [4.69, 9.17) is 4.98 Å². The second kappa shape index (κ2) is 6.11. The van der Waals surface area contributed by atoms with Crippen LogP contribution in [-0.2, 0) is 0 Å². The second-order valence-corrected chi connectivity index (χ2v) is 6.39. The number of hydrogen-bond acceptors (Lipinski definition) is 4. The predicted octanol–water partition coefficient (Wildman–Crippen LogP) is 2.92. The van der Waals surface area contributed by atoms with Gasteiger partial charge in [0.1, 0.15) is 5.82 Å². The van der Waals surface area contributed by atoms with E-state index >= 15 is 0 Å². The van der Waals surface area contributed by atoms with E-state index in [-0.39, 0.29) is 0 Å². The van der Waals surface area contributed by atoms with Crippen molar-refractivity contribution in [2.24, 2.45) is 0 Å². The molecule has 0 atom stereocenters. The summed E-state index contributed by atoms with van der Waals surface area (Å²) in [5.41, 5.74) is 2.71. The third-order valence-corrected chi connectivity index (χ3v) is 4.83. The minimum Gasteiger partial charge on any atom is -0.355 e. The molecule has 1 fully saturated rings. The van der Waals surface area contributed by atoms with Gasteiger partial charge in [-0.3, -0.25) is 4.98 Å². The van der Waals surface area contributed by atoms with Gasteiger partial charge in [-0.25, -0.2) is 9.67 Å². The van der Waals surface area contributed by atoms with Gasteiger partial charge < -0.3 is 9.47 Å². The maximum absolute atomic E-state index is 4.72. The van der Waals surface area contributed by atoms with E-state index in [1.165, 1.54) is 11.4 Å². The molecule has 3 aromatic rings. The van der Waals surface area contributed by atoms with Crippen molar-refractivity contribution in [2.45, 2.75) is 32.7 Å². The van der Waals surface area contributed by atoms with E-state index in [9.17, 15) is 0 Å². The van der Waals surface area contributed by atoms with E-state index in [2.05, 4.69) is 45.5 Å². The van der Waals surface area contributed by atoms with Crippen molar-refractivity contribution in [1.29, 1.82) is 0 Å². The summed E-state index contributed by atoms with van der Waals surface area (Å²) in [5, 5.41) is 4.23. The molecule has 124 valence electrons. The summed E-state index contributed by atoms with van der Waals surface area (Å²) >= 11 is 0. The molecule has 0 saturated carbocycles. The molecule has 0 bridgehead atoms. The molecule has 24 heavy (non-hydrogen) atoms. The number of aromatic nitrogens is 5. The third-order valence-electron chi connectivity index (χ3n) is 4.83. The van der Waals surface area contributed by atoms with Crippen LogP contribution in [0.2, 0.25) is 0 Å². The van der Waals surface area contributed by atoms with Crippen LogP contribution >= 0.6 is 0 Å². The van der Waals surface area contributed by atoms with Gasteiger partial charge >= 0.3 is 0 Å². The van der Waals surface area contributed by atoms with Gasteiger partial charge in [0.2, 0.25) is 0 Å². The zero-order valence-corrected chi connectivity index (χ0v) is 14.1. The zero-order valence-electron chi connectivity index (χ0n) is 14.1. The Morgan fingerprint density at radius 2 is 1.71 bits per heavy atom. The maximum Gasteiger partial charge on any atom is 0.173 e. The predicted molar refractivity (Wildman–Crippen MR) is 93.5 cm³/mol. The summed E-state index contributed by atoms with van der Waals surface area (Å²) in [6, 6.07) is 6.89. The molecule has 6 nitrogen and oxygen atoms in total. The zero-order chi connectivity index (χ0) is 16.5. The first-order valence-electron chi connectivity index (χ1n) is 8.44. The minimum absolute atomic E-state index is 0.582. The van der Waals surface area contributed by atoms with Crippen molar-refractivity contribution in [1.82, 2.24) is 24.3 Å². The lowest BCUT2D eigenvalue weighted by molar-refractivity contribution is 0.385. The Bertz CT molecular complexity index is 792. The fraction of sp³-hybridized carbons (Fsp3) is 0.389. The van der Waals surface area contributed by atoms with Crippen LogP contribution in [0.4, 0.5) is 5.82 Å². The normalized spacial score (nSPS) is 15.8. The molecule has 0 spiro atoms. The van der Waals surface area contributed by atoms with Crippen LogP contribution in [0, 0.1) is 13.8 Å². The van der Waals surface area contributed by atoms with Gasteiger partial charge in [-0.05, 0) is 44.9 Å². The van der Waals surface area contributed by atoms with Crippen LogP contribution in [0.15, 0.2) is 43.0 Å². The molecule has 0 amide bonds. The molecule has 0 aromatic carbocycles. The molecule has 4 heterocycles. The van der Waals surface area contributed by atoms with Crippen molar-refractivity contribution in [3.05, 3.63) is 54.4 Å². The quantitative estimate of drug-likeness (QED) is 0.744. The Morgan fingerprint density at radius 3 is 2.38 bits per heavy atom. The lowest BCUT2D eigenvalue weighted by atomic mass is 10.0. The van der Waals surface area contributed by atoms with Crippen LogP contribution in [0.5, 0.6) is 0 Å². The van der Waals surface area contributed by atoms with Crippen LogP contribution in [0.1, 0.15) is 30.3 Å². The van der Waals surface area contributed by atoms with Crippen molar-refractivity contribution in [3.8, 4) is 5.82 Å². The molecule has 0 aliphatic carbocycles. The van der Waals surface area contributed by atoms with Crippen molar-refractivity contribution in [3.63, 3.8) is 0 Å². The van der Waals surface area contributed by atoms with Crippen molar-refractivity contribution < 1.29 is 0 Å². The number of aryl methyl sites for hydroxylation is 2. The highest BCUT2D eigenvalue weighted by Crippen LogP contribution is 2.28. The lowest BCUT2D eigenvalue weighted by Crippen LogP contribution is -2.35. The van der Waals surface area contributed by atoms with Crippen LogP contribution in [0.25, 0.3) is 5.82 Å². The number of hydrogen-bond donors (Lipinski definition) is 0. The molecule has 0 radical (unpaired) electrons. The van der Waals surface area contributed by atoms with Gasteiger partial charge in [0.25, 0.3) is 0 Å². The average Bonchev–Trinajstić information content (AvgIpc) is 3.26. The largest absolute Gasteiger partial charge is 0.355 e. The first kappa shape index (κ1) is 14.9. The highest BCUT2D eigenvalue weighted by Gasteiger charge is 2.23. The summed E-state index contributed by atoms with van der Waals surface area (Å²) < 4.78 is 4.22. The maximum atomic E-state index is 4.72. The molecule has 0 unspecified atom stereocenters. The smallest absolute Gasteiger partial charge is 0.173 e. The summed E-state index contributed by atoms with van der Waals surface area (Å²) in [5.74, 6) is 1.69. The van der Waals surface area contributed by atoms with E-state index in [0.29, 0.717) is 6.04 Å². The molecule has 1 saturated heterocycles. The number of nitrogens with zero attached hydrogens (tertiary/aromatic N) is 6. The first-order valence-corrected chi connectivity index (χ1v) is 8.44. The Labute approximate surface area is 141 Å². The molecule has 3 aromatic heterocycles. The first-order chi connectivity index (χ1) is 11.7. The van der Waals surface area contributed by atoms with E-state index < -0.39 is 0 Å². The monoisotopic (exact) mass is 322 g/mol. The third kappa shape index (κ3) is 2.68. The highest BCUT2D eigenvalue weighted by atomic mass is 15.3. The Hall–Kier alpha value is -2.63. The summed E-state index contributed by atoms with van der Waals surface area (Å²) in [6.45, 7) is 6.38. The fourth-order valence-electron chi connectivity index (χ4n) is 3.62. The number of anilines is 1. The fourth-order valence-corrected chi connectivity index (χ4v) is 3.62. The van der Waals surface area contributed by atoms with Crippen LogP contribution < -0.4 is 4.90 Å². The molecule has 1 aliphatic rings. The standard InChI is InChI=1S/C18H22N6/c1-14-4-5-15(2)24(14)16-6-10-22(11-7-16)17-12-19-13-18(21-17)23-9-3-8-20-23/h3-5,8-9,12-13,16H,6-7,10-11H2,1-2H3. The Kier molecular flexibility index (Phi) is 3.80. The highest BCUT2D eigenvalue weighted by molar-refractivity contribution is 5.39. The van der Waals surface area contributed by atoms with E-state index in [0.717, 1.165) is 37.6 Å². The molecular formula is C18H22N6. The van der Waals surface area contributed by atoms with Gasteiger partial charge in [0.15, 0.2) is 5.82 Å². The molecule has 4 rings (SSSR count). The number of rotatable bonds is 3. The average molecular weight is 322 g/mol. The second-order valence-electron chi connectivity index (χ2n) is 6.39. The topological polar surface area (TPSA) is 51.8 Å². The van der Waals surface area contributed by atoms with Gasteiger partial charge in [-0.1, -0.05) is 0 Å². The van der Waals surface area contributed by atoms with Gasteiger partial charge in [-0.2, -0.15) is 5.10 Å². The van der Waals surface area contributed by atoms with Crippen LogP contribution in [0.3, 0.4) is 0 Å². The number of piperidine rings is 1. The molecule has 0 N–H and O–H groups in total. The summed E-state index contributed by atoms with van der Waals surface area (Å²) in [6.07, 6.45) is 9.49. The molecular weight excluding hydrogens is 300 g/mol. The lowest BCUT2D eigenvalue weighted by Gasteiger charge is -2.34. The summed E-state index contributed by atoms with van der Waals surface area (Å²) in [7, 11) is 0.